The van der Waals surface area contributed by atoms with Crippen molar-refractivity contribution in [1.82, 2.24) is 5.32 Å². The van der Waals surface area contributed by atoms with Crippen LogP contribution in [0.15, 0.2) is 24.3 Å². The minimum atomic E-state index is -0.104. The van der Waals surface area contributed by atoms with Gasteiger partial charge in [-0.3, -0.25) is 4.79 Å². The van der Waals surface area contributed by atoms with Crippen molar-refractivity contribution in [3.8, 4) is 0 Å². The van der Waals surface area contributed by atoms with Gasteiger partial charge in [-0.2, -0.15) is 0 Å². The maximum atomic E-state index is 12.0. The van der Waals surface area contributed by atoms with Gasteiger partial charge in [0.2, 0.25) is 0 Å². The van der Waals surface area contributed by atoms with Crippen molar-refractivity contribution < 1.29 is 9.90 Å². The lowest BCUT2D eigenvalue weighted by Gasteiger charge is -2.28. The van der Waals surface area contributed by atoms with Gasteiger partial charge in [-0.15, -0.1) is 0 Å². The third kappa shape index (κ3) is 3.24. The zero-order valence-corrected chi connectivity index (χ0v) is 11.0. The highest BCUT2D eigenvalue weighted by atomic mass is 35.5. The highest BCUT2D eigenvalue weighted by Gasteiger charge is 2.22. The second-order valence-electron chi connectivity index (χ2n) is 4.85. The second-order valence-corrected chi connectivity index (χ2v) is 5.26. The van der Waals surface area contributed by atoms with Crippen molar-refractivity contribution in [3.63, 3.8) is 0 Å². The first-order chi connectivity index (χ1) is 8.70. The summed E-state index contributed by atoms with van der Waals surface area (Å²) in [7, 11) is 0. The molecule has 0 atom stereocenters. The zero-order chi connectivity index (χ0) is 13.0. The molecule has 0 aliphatic heterocycles. The van der Waals surface area contributed by atoms with E-state index in [9.17, 15) is 4.79 Å². The van der Waals surface area contributed by atoms with Crippen LogP contribution in [0.25, 0.3) is 0 Å². The van der Waals surface area contributed by atoms with E-state index in [1.54, 1.807) is 12.1 Å². The lowest BCUT2D eigenvalue weighted by Crippen LogP contribution is -2.38. The molecule has 18 heavy (non-hydrogen) atoms. The number of hydrogen-bond acceptors (Lipinski definition) is 2. The van der Waals surface area contributed by atoms with Crippen molar-refractivity contribution in [1.29, 1.82) is 0 Å². The fraction of sp³-hybridized carbons (Fsp3) is 0.500. The number of carbonyl (C=O) groups excluding carboxylic acids is 1. The molecular formula is C14H18ClNO2. The number of amides is 1. The Bertz CT molecular complexity index is 414. The first-order valence-electron chi connectivity index (χ1n) is 6.37. The van der Waals surface area contributed by atoms with E-state index in [0.717, 1.165) is 25.7 Å². The van der Waals surface area contributed by atoms with Crippen LogP contribution in [0.5, 0.6) is 0 Å². The van der Waals surface area contributed by atoms with Gasteiger partial charge in [-0.25, -0.2) is 0 Å². The quantitative estimate of drug-likeness (QED) is 0.885. The molecule has 1 fully saturated rings. The Morgan fingerprint density at radius 2 is 1.94 bits per heavy atom. The normalized spacial score (nSPS) is 23.7. The van der Waals surface area contributed by atoms with Crippen molar-refractivity contribution >= 4 is 17.5 Å². The molecule has 3 nitrogen and oxygen atoms in total. The van der Waals surface area contributed by atoms with Crippen molar-refractivity contribution in [3.05, 3.63) is 34.9 Å². The lowest BCUT2D eigenvalue weighted by molar-refractivity contribution is 0.0914. The largest absolute Gasteiger partial charge is 0.396 e. The topological polar surface area (TPSA) is 49.3 Å². The number of aliphatic hydroxyl groups excluding tert-OH is 1. The Balaban J connectivity index is 1.91. The van der Waals surface area contributed by atoms with Crippen LogP contribution in [0.2, 0.25) is 5.02 Å². The van der Waals surface area contributed by atoms with Gasteiger partial charge in [0.1, 0.15) is 0 Å². The third-order valence-corrected chi connectivity index (χ3v) is 3.89. The Morgan fingerprint density at radius 3 is 2.56 bits per heavy atom. The summed E-state index contributed by atoms with van der Waals surface area (Å²) in [6, 6.07) is 7.28. The average Bonchev–Trinajstić information content (AvgIpc) is 2.40. The molecule has 2 rings (SSSR count). The molecule has 1 saturated carbocycles. The summed E-state index contributed by atoms with van der Waals surface area (Å²) in [5, 5.41) is 12.6. The van der Waals surface area contributed by atoms with Crippen LogP contribution in [0.3, 0.4) is 0 Å². The predicted octanol–water partition coefficient (Wildman–Crippen LogP) is 2.62. The van der Waals surface area contributed by atoms with E-state index >= 15 is 0 Å². The molecule has 98 valence electrons. The molecule has 0 bridgehead atoms. The third-order valence-electron chi connectivity index (χ3n) is 3.56. The van der Waals surface area contributed by atoms with Gasteiger partial charge < -0.3 is 10.4 Å². The van der Waals surface area contributed by atoms with Gasteiger partial charge in [0.05, 0.1) is 10.6 Å². The summed E-state index contributed by atoms with van der Waals surface area (Å²) < 4.78 is 0. The summed E-state index contributed by atoms with van der Waals surface area (Å²) in [6.07, 6.45) is 3.82. The van der Waals surface area contributed by atoms with E-state index in [1.165, 1.54) is 0 Å². The Morgan fingerprint density at radius 1 is 1.28 bits per heavy atom. The number of halogens is 1. The summed E-state index contributed by atoms with van der Waals surface area (Å²) in [5.74, 6) is 0.298. The number of benzene rings is 1. The molecule has 4 heteroatoms. The summed E-state index contributed by atoms with van der Waals surface area (Å²) in [6.45, 7) is 0.255. The van der Waals surface area contributed by atoms with E-state index in [4.69, 9.17) is 16.7 Å². The van der Waals surface area contributed by atoms with Crippen LogP contribution in [-0.2, 0) is 0 Å². The van der Waals surface area contributed by atoms with Crippen molar-refractivity contribution in [2.45, 2.75) is 31.7 Å². The van der Waals surface area contributed by atoms with Gasteiger partial charge in [0.15, 0.2) is 0 Å². The highest BCUT2D eigenvalue weighted by molar-refractivity contribution is 6.33. The lowest BCUT2D eigenvalue weighted by atomic mass is 9.86. The fourth-order valence-corrected chi connectivity index (χ4v) is 2.62. The van der Waals surface area contributed by atoms with Crippen molar-refractivity contribution in [2.24, 2.45) is 5.92 Å². The van der Waals surface area contributed by atoms with E-state index in [0.29, 0.717) is 16.5 Å². The molecule has 0 spiro atoms. The molecule has 0 unspecified atom stereocenters. The van der Waals surface area contributed by atoms with Crippen LogP contribution in [0.1, 0.15) is 36.0 Å². The van der Waals surface area contributed by atoms with Gasteiger partial charge in [-0.05, 0) is 43.7 Å². The molecule has 1 aliphatic carbocycles. The Hall–Kier alpha value is -1.06. The SMILES string of the molecule is O=C(NC1CCC(CO)CC1)c1ccccc1Cl. The molecule has 0 saturated heterocycles. The van der Waals surface area contributed by atoms with Crippen LogP contribution in [0.4, 0.5) is 0 Å². The predicted molar refractivity (Wildman–Crippen MR) is 71.8 cm³/mol. The molecule has 1 aromatic rings. The van der Waals surface area contributed by atoms with Crippen molar-refractivity contribution in [2.75, 3.05) is 6.61 Å². The number of hydrogen-bond donors (Lipinski definition) is 2. The molecular weight excluding hydrogens is 250 g/mol. The van der Waals surface area contributed by atoms with E-state index < -0.39 is 0 Å². The van der Waals surface area contributed by atoms with E-state index in [1.807, 2.05) is 12.1 Å². The Labute approximate surface area is 112 Å². The van der Waals surface area contributed by atoms with E-state index in [-0.39, 0.29) is 18.6 Å². The Kier molecular flexibility index (Phi) is 4.61. The molecule has 1 amide bonds. The number of aliphatic hydroxyl groups is 1. The maximum absolute atomic E-state index is 12.0. The standard InChI is InChI=1S/C14H18ClNO2/c15-13-4-2-1-3-12(13)14(18)16-11-7-5-10(9-17)6-8-11/h1-4,10-11,17H,5-9H2,(H,16,18). The number of rotatable bonds is 3. The second kappa shape index (κ2) is 6.21. The molecule has 2 N–H and O–H groups in total. The average molecular weight is 268 g/mol. The van der Waals surface area contributed by atoms with Gasteiger partial charge in [-0.1, -0.05) is 23.7 Å². The molecule has 1 aliphatic rings. The summed E-state index contributed by atoms with van der Waals surface area (Å²) in [5.41, 5.74) is 0.531. The first kappa shape index (κ1) is 13.4. The van der Waals surface area contributed by atoms with Crippen LogP contribution in [-0.4, -0.2) is 23.7 Å². The molecule has 0 aromatic heterocycles. The molecule has 1 aromatic carbocycles. The van der Waals surface area contributed by atoms with Gasteiger partial charge >= 0.3 is 0 Å². The van der Waals surface area contributed by atoms with Crippen LogP contribution < -0.4 is 5.32 Å². The maximum Gasteiger partial charge on any atom is 0.253 e. The summed E-state index contributed by atoms with van der Waals surface area (Å²) in [4.78, 5) is 12.0. The highest BCUT2D eigenvalue weighted by Crippen LogP contribution is 2.24. The number of carbonyl (C=O) groups is 1. The van der Waals surface area contributed by atoms with Gasteiger partial charge in [0, 0.05) is 12.6 Å². The smallest absolute Gasteiger partial charge is 0.253 e. The first-order valence-corrected chi connectivity index (χ1v) is 6.74. The van der Waals surface area contributed by atoms with Crippen LogP contribution in [0, 0.1) is 5.92 Å². The molecule has 0 heterocycles. The van der Waals surface area contributed by atoms with Gasteiger partial charge in [0.25, 0.3) is 5.91 Å². The summed E-state index contributed by atoms with van der Waals surface area (Å²) >= 11 is 5.99. The number of nitrogens with one attached hydrogen (secondary N) is 1. The van der Waals surface area contributed by atoms with Crippen LogP contribution >= 0.6 is 11.6 Å². The fourth-order valence-electron chi connectivity index (χ4n) is 2.40. The molecule has 0 radical (unpaired) electrons. The van der Waals surface area contributed by atoms with E-state index in [2.05, 4.69) is 5.32 Å². The zero-order valence-electron chi connectivity index (χ0n) is 10.2. The minimum Gasteiger partial charge on any atom is -0.396 e. The monoisotopic (exact) mass is 267 g/mol. The minimum absolute atomic E-state index is 0.104.